The minimum Gasteiger partial charge on any atom is -0.375 e. The number of nitrogens with zero attached hydrogens (tertiary/aromatic N) is 3. The summed E-state index contributed by atoms with van der Waals surface area (Å²) in [6.07, 6.45) is -2.96. The Kier molecular flexibility index (Phi) is 5.48. The molecule has 0 fully saturated rings. The average molecular weight is 340 g/mol. The van der Waals surface area contributed by atoms with Gasteiger partial charge in [0.05, 0.1) is 5.56 Å². The Balaban J connectivity index is 1.86. The predicted octanol–water partition coefficient (Wildman–Crippen LogP) is 2.70. The van der Waals surface area contributed by atoms with Gasteiger partial charge in [-0.25, -0.2) is 0 Å². The molecule has 0 bridgehead atoms. The lowest BCUT2D eigenvalue weighted by Gasteiger charge is -2.19. The van der Waals surface area contributed by atoms with Crippen molar-refractivity contribution in [1.82, 2.24) is 15.1 Å². The molecule has 0 atom stereocenters. The van der Waals surface area contributed by atoms with Crippen LogP contribution in [0.1, 0.15) is 22.5 Å². The van der Waals surface area contributed by atoms with Crippen molar-refractivity contribution >= 4 is 11.6 Å². The summed E-state index contributed by atoms with van der Waals surface area (Å²) in [5.41, 5.74) is -0.583. The molecule has 0 aliphatic heterocycles. The van der Waals surface area contributed by atoms with Crippen molar-refractivity contribution in [2.45, 2.75) is 12.6 Å². The van der Waals surface area contributed by atoms with E-state index in [0.29, 0.717) is 13.0 Å². The molecular formula is C16H19F3N4O. The molecule has 2 aromatic rings. The van der Waals surface area contributed by atoms with Gasteiger partial charge in [0.25, 0.3) is 5.91 Å². The highest BCUT2D eigenvalue weighted by molar-refractivity contribution is 5.95. The minimum atomic E-state index is -4.65. The van der Waals surface area contributed by atoms with Gasteiger partial charge in [-0.05, 0) is 18.6 Å². The lowest BCUT2D eigenvalue weighted by Crippen LogP contribution is -2.29. The minimum absolute atomic E-state index is 0.280. The third-order valence-corrected chi connectivity index (χ3v) is 3.49. The highest BCUT2D eigenvalue weighted by Gasteiger charge is 2.38. The van der Waals surface area contributed by atoms with E-state index in [9.17, 15) is 18.0 Å². The maximum atomic E-state index is 12.8. The van der Waals surface area contributed by atoms with Crippen molar-refractivity contribution < 1.29 is 18.0 Å². The second-order valence-electron chi connectivity index (χ2n) is 5.43. The number of aromatic nitrogens is 2. The van der Waals surface area contributed by atoms with Crippen molar-refractivity contribution in [3.8, 4) is 0 Å². The molecule has 24 heavy (non-hydrogen) atoms. The largest absolute Gasteiger partial charge is 0.435 e. The standard InChI is InChI=1S/C16H19F3N4O/c1-22(12-7-4-3-5-8-12)10-6-9-20-15(24)13-11-23(2)21-14(13)16(17,18)19/h3-5,7-8,11H,6,9-10H2,1-2H3,(H,20,24). The van der Waals surface area contributed by atoms with Crippen LogP contribution in [0.15, 0.2) is 36.5 Å². The van der Waals surface area contributed by atoms with Crippen LogP contribution < -0.4 is 10.2 Å². The first-order chi connectivity index (χ1) is 11.3. The summed E-state index contributed by atoms with van der Waals surface area (Å²) in [4.78, 5) is 14.0. The summed E-state index contributed by atoms with van der Waals surface area (Å²) >= 11 is 0. The molecule has 1 heterocycles. The van der Waals surface area contributed by atoms with E-state index in [1.807, 2.05) is 42.3 Å². The Morgan fingerprint density at radius 3 is 2.58 bits per heavy atom. The van der Waals surface area contributed by atoms with Crippen LogP contribution in [0.5, 0.6) is 0 Å². The highest BCUT2D eigenvalue weighted by Crippen LogP contribution is 2.30. The first kappa shape index (κ1) is 17.8. The molecule has 0 saturated heterocycles. The van der Waals surface area contributed by atoms with E-state index in [4.69, 9.17) is 0 Å². The fraction of sp³-hybridized carbons (Fsp3) is 0.375. The number of hydrogen-bond donors (Lipinski definition) is 1. The van der Waals surface area contributed by atoms with Crippen LogP contribution in [0, 0.1) is 0 Å². The highest BCUT2D eigenvalue weighted by atomic mass is 19.4. The average Bonchev–Trinajstić information content (AvgIpc) is 2.94. The summed E-state index contributed by atoms with van der Waals surface area (Å²) in [5, 5.41) is 5.83. The molecule has 0 aliphatic carbocycles. The fourth-order valence-electron chi connectivity index (χ4n) is 2.29. The molecule has 0 unspecified atom stereocenters. The van der Waals surface area contributed by atoms with Crippen LogP contribution in [0.4, 0.5) is 18.9 Å². The quantitative estimate of drug-likeness (QED) is 0.823. The zero-order chi connectivity index (χ0) is 17.7. The molecule has 1 amide bonds. The van der Waals surface area contributed by atoms with Crippen LogP contribution in [0.3, 0.4) is 0 Å². The first-order valence-electron chi connectivity index (χ1n) is 7.44. The molecular weight excluding hydrogens is 321 g/mol. The monoisotopic (exact) mass is 340 g/mol. The number of hydrogen-bond acceptors (Lipinski definition) is 3. The van der Waals surface area contributed by atoms with Gasteiger partial charge in [0, 0.05) is 39.1 Å². The molecule has 5 nitrogen and oxygen atoms in total. The van der Waals surface area contributed by atoms with Gasteiger partial charge < -0.3 is 10.2 Å². The van der Waals surface area contributed by atoms with Gasteiger partial charge in [-0.1, -0.05) is 18.2 Å². The fourth-order valence-corrected chi connectivity index (χ4v) is 2.29. The number of benzene rings is 1. The maximum Gasteiger partial charge on any atom is 0.435 e. The van der Waals surface area contributed by atoms with E-state index < -0.39 is 23.3 Å². The smallest absolute Gasteiger partial charge is 0.375 e. The van der Waals surface area contributed by atoms with E-state index >= 15 is 0 Å². The van der Waals surface area contributed by atoms with E-state index in [-0.39, 0.29) is 6.54 Å². The molecule has 0 aliphatic rings. The van der Waals surface area contributed by atoms with E-state index in [0.717, 1.165) is 16.6 Å². The zero-order valence-corrected chi connectivity index (χ0v) is 13.5. The van der Waals surface area contributed by atoms with Gasteiger partial charge in [0.2, 0.25) is 0 Å². The molecule has 2 rings (SSSR count). The van der Waals surface area contributed by atoms with Crippen molar-refractivity contribution in [3.05, 3.63) is 47.8 Å². The Hall–Kier alpha value is -2.51. The van der Waals surface area contributed by atoms with Crippen LogP contribution in [0.25, 0.3) is 0 Å². The Bertz CT molecular complexity index is 682. The number of rotatable bonds is 6. The normalized spacial score (nSPS) is 11.4. The van der Waals surface area contributed by atoms with Gasteiger partial charge in [-0.15, -0.1) is 0 Å². The molecule has 1 N–H and O–H groups in total. The van der Waals surface area contributed by atoms with E-state index in [2.05, 4.69) is 10.4 Å². The molecule has 1 aromatic carbocycles. The lowest BCUT2D eigenvalue weighted by atomic mass is 10.2. The Morgan fingerprint density at radius 2 is 1.96 bits per heavy atom. The summed E-state index contributed by atoms with van der Waals surface area (Å²) in [7, 11) is 3.26. The summed E-state index contributed by atoms with van der Waals surface area (Å²) < 4.78 is 39.5. The van der Waals surface area contributed by atoms with Crippen LogP contribution in [-0.2, 0) is 13.2 Å². The molecule has 0 spiro atoms. The molecule has 8 heteroatoms. The number of nitrogens with one attached hydrogen (secondary N) is 1. The van der Waals surface area contributed by atoms with Gasteiger partial charge >= 0.3 is 6.18 Å². The summed E-state index contributed by atoms with van der Waals surface area (Å²) in [6.45, 7) is 0.950. The number of carbonyl (C=O) groups excluding carboxylic acids is 1. The molecule has 0 saturated carbocycles. The van der Waals surface area contributed by atoms with Gasteiger partial charge in [0.1, 0.15) is 0 Å². The maximum absolute atomic E-state index is 12.8. The van der Waals surface area contributed by atoms with Crippen molar-refractivity contribution in [2.24, 2.45) is 7.05 Å². The second-order valence-corrected chi connectivity index (χ2v) is 5.43. The Morgan fingerprint density at radius 1 is 1.29 bits per heavy atom. The number of aryl methyl sites for hydroxylation is 1. The number of halogens is 3. The van der Waals surface area contributed by atoms with Crippen LogP contribution in [-0.4, -0.2) is 35.8 Å². The van der Waals surface area contributed by atoms with Crippen molar-refractivity contribution in [1.29, 1.82) is 0 Å². The molecule has 130 valence electrons. The van der Waals surface area contributed by atoms with E-state index in [1.54, 1.807) is 0 Å². The number of alkyl halides is 3. The topological polar surface area (TPSA) is 50.2 Å². The zero-order valence-electron chi connectivity index (χ0n) is 13.5. The van der Waals surface area contributed by atoms with Gasteiger partial charge in [-0.3, -0.25) is 9.48 Å². The van der Waals surface area contributed by atoms with Crippen LogP contribution >= 0.6 is 0 Å². The molecule has 0 radical (unpaired) electrons. The predicted molar refractivity (Wildman–Crippen MR) is 84.9 cm³/mol. The van der Waals surface area contributed by atoms with Gasteiger partial charge in [0.15, 0.2) is 5.69 Å². The summed E-state index contributed by atoms with van der Waals surface area (Å²) in [6, 6.07) is 9.70. The van der Waals surface area contributed by atoms with Crippen molar-refractivity contribution in [3.63, 3.8) is 0 Å². The van der Waals surface area contributed by atoms with E-state index in [1.165, 1.54) is 7.05 Å². The van der Waals surface area contributed by atoms with Crippen LogP contribution in [0.2, 0.25) is 0 Å². The third-order valence-electron chi connectivity index (χ3n) is 3.49. The number of amides is 1. The number of anilines is 1. The number of carbonyl (C=O) groups is 1. The van der Waals surface area contributed by atoms with Gasteiger partial charge in [-0.2, -0.15) is 18.3 Å². The lowest BCUT2D eigenvalue weighted by molar-refractivity contribution is -0.141. The molecule has 1 aromatic heterocycles. The Labute approximate surface area is 138 Å². The third kappa shape index (κ3) is 4.50. The number of para-hydroxylation sites is 1. The van der Waals surface area contributed by atoms with Crippen molar-refractivity contribution in [2.75, 3.05) is 25.0 Å². The first-order valence-corrected chi connectivity index (χ1v) is 7.44. The second kappa shape index (κ2) is 7.37. The SMILES string of the molecule is CN(CCCNC(=O)c1cn(C)nc1C(F)(F)F)c1ccccc1. The summed E-state index contributed by atoms with van der Waals surface area (Å²) in [5.74, 6) is -0.766.